The van der Waals surface area contributed by atoms with Gasteiger partial charge < -0.3 is 14.3 Å². The maximum absolute atomic E-state index is 10.9. The molecule has 0 spiro atoms. The van der Waals surface area contributed by atoms with E-state index in [1.807, 2.05) is 0 Å². The molecule has 2 N–H and O–H groups in total. The molecule has 16 heavy (non-hydrogen) atoms. The van der Waals surface area contributed by atoms with Gasteiger partial charge in [-0.3, -0.25) is 9.59 Å². The Bertz CT molecular complexity index is 275. The molecule has 0 rings (SSSR count). The molecule has 0 aromatic heterocycles. The van der Waals surface area contributed by atoms with Gasteiger partial charge in [-0.05, 0) is 0 Å². The van der Waals surface area contributed by atoms with Crippen LogP contribution in [0, 0.1) is 0 Å². The molecule has 0 heterocycles. The fourth-order valence-corrected chi connectivity index (χ4v) is 0.692. The Hall–Kier alpha value is -1.89. The van der Waals surface area contributed by atoms with Gasteiger partial charge in [-0.15, -0.1) is 0 Å². The first-order chi connectivity index (χ1) is 7.60. The summed E-state index contributed by atoms with van der Waals surface area (Å²) in [6, 6.07) is 0. The van der Waals surface area contributed by atoms with E-state index in [0.717, 1.165) is 6.08 Å². The number of rotatable bonds is 7. The highest BCUT2D eigenvalue weighted by atomic mass is 16.7. The summed E-state index contributed by atoms with van der Waals surface area (Å²) in [6.07, 6.45) is 0.715. The molecule has 7 nitrogen and oxygen atoms in total. The fraction of sp³-hybridized carbons (Fsp3) is 0.444. The van der Waals surface area contributed by atoms with Gasteiger partial charge >= 0.3 is 17.9 Å². The number of esters is 2. The average molecular weight is 231 g/mol. The second kappa shape index (κ2) is 8.42. The summed E-state index contributed by atoms with van der Waals surface area (Å²) in [6.45, 7) is 3.06. The normalized spacial score (nSPS) is 9.06. The van der Waals surface area contributed by atoms with Crippen LogP contribution in [0.4, 0.5) is 0 Å². The molecule has 0 aliphatic rings. The van der Waals surface area contributed by atoms with Crippen LogP contribution in [0.2, 0.25) is 0 Å². The Morgan fingerprint density at radius 1 is 1.06 bits per heavy atom. The molecule has 0 unspecified atom stereocenters. The molecular formula is C9H13NO6. The van der Waals surface area contributed by atoms with Crippen LogP contribution in [0.25, 0.3) is 0 Å². The number of nitrogens with two attached hydrogens (primary N) is 1. The molecular weight excluding hydrogens is 218 g/mol. The third-order valence-corrected chi connectivity index (χ3v) is 1.42. The van der Waals surface area contributed by atoms with Gasteiger partial charge in [0.05, 0.1) is 12.8 Å². The maximum Gasteiger partial charge on any atom is 0.330 e. The lowest BCUT2D eigenvalue weighted by Gasteiger charge is -2.04. The second-order valence-corrected chi connectivity index (χ2v) is 2.58. The van der Waals surface area contributed by atoms with Crippen molar-refractivity contribution in [1.82, 2.24) is 0 Å². The van der Waals surface area contributed by atoms with Gasteiger partial charge in [0.15, 0.2) is 0 Å². The highest BCUT2D eigenvalue weighted by Crippen LogP contribution is 1.94. The number of ether oxygens (including phenoxy) is 2. The van der Waals surface area contributed by atoms with Gasteiger partial charge in [-0.2, -0.15) is 5.90 Å². The SMILES string of the molecule is C=CC(=O)OCCOC(=O)CCC(=O)ON. The Morgan fingerprint density at radius 2 is 1.62 bits per heavy atom. The van der Waals surface area contributed by atoms with Crippen LogP contribution in [0.15, 0.2) is 12.7 Å². The van der Waals surface area contributed by atoms with Gasteiger partial charge in [-0.25, -0.2) is 4.79 Å². The smallest absolute Gasteiger partial charge is 0.330 e. The maximum atomic E-state index is 10.9. The summed E-state index contributed by atoms with van der Waals surface area (Å²) in [5, 5.41) is 0. The summed E-state index contributed by atoms with van der Waals surface area (Å²) in [4.78, 5) is 35.9. The minimum absolute atomic E-state index is 0.0576. The van der Waals surface area contributed by atoms with E-state index in [0.29, 0.717) is 0 Å². The third-order valence-electron chi connectivity index (χ3n) is 1.42. The molecule has 0 bridgehead atoms. The van der Waals surface area contributed by atoms with E-state index >= 15 is 0 Å². The van der Waals surface area contributed by atoms with Crippen molar-refractivity contribution in [1.29, 1.82) is 0 Å². The topological polar surface area (TPSA) is 105 Å². The van der Waals surface area contributed by atoms with Crippen molar-refractivity contribution >= 4 is 17.9 Å². The Kier molecular flexibility index (Phi) is 7.43. The van der Waals surface area contributed by atoms with Crippen molar-refractivity contribution in [3.63, 3.8) is 0 Å². The van der Waals surface area contributed by atoms with Gasteiger partial charge in [0.25, 0.3) is 0 Å². The predicted molar refractivity (Wildman–Crippen MR) is 51.6 cm³/mol. The van der Waals surface area contributed by atoms with Crippen LogP contribution in [0.3, 0.4) is 0 Å². The van der Waals surface area contributed by atoms with Gasteiger partial charge in [0.2, 0.25) is 0 Å². The monoisotopic (exact) mass is 231 g/mol. The highest BCUT2D eigenvalue weighted by molar-refractivity contribution is 5.81. The zero-order chi connectivity index (χ0) is 12.4. The molecule has 90 valence electrons. The number of carbonyl (C=O) groups is 3. The molecule has 0 aromatic carbocycles. The lowest BCUT2D eigenvalue weighted by atomic mass is 10.3. The summed E-state index contributed by atoms with van der Waals surface area (Å²) in [7, 11) is 0. The number of hydrogen-bond donors (Lipinski definition) is 1. The zero-order valence-electron chi connectivity index (χ0n) is 8.64. The van der Waals surface area contributed by atoms with Crippen molar-refractivity contribution in [3.8, 4) is 0 Å². The van der Waals surface area contributed by atoms with Gasteiger partial charge in [-0.1, -0.05) is 6.58 Å². The summed E-state index contributed by atoms with van der Waals surface area (Å²) >= 11 is 0. The van der Waals surface area contributed by atoms with E-state index < -0.39 is 17.9 Å². The molecule has 0 amide bonds. The van der Waals surface area contributed by atoms with Gasteiger partial charge in [0, 0.05) is 6.08 Å². The lowest BCUT2D eigenvalue weighted by molar-refractivity contribution is -0.153. The van der Waals surface area contributed by atoms with Crippen molar-refractivity contribution < 1.29 is 28.7 Å². The minimum atomic E-state index is -0.699. The van der Waals surface area contributed by atoms with Crippen molar-refractivity contribution in [3.05, 3.63) is 12.7 Å². The van der Waals surface area contributed by atoms with E-state index in [9.17, 15) is 14.4 Å². The summed E-state index contributed by atoms with van der Waals surface area (Å²) in [5.41, 5.74) is 0. The predicted octanol–water partition coefficient (Wildman–Crippen LogP) is -0.544. The first-order valence-electron chi connectivity index (χ1n) is 4.44. The van der Waals surface area contributed by atoms with Crippen LogP contribution in [0.1, 0.15) is 12.8 Å². The molecule has 0 atom stereocenters. The quantitative estimate of drug-likeness (QED) is 0.271. The van der Waals surface area contributed by atoms with E-state index in [2.05, 4.69) is 26.8 Å². The van der Waals surface area contributed by atoms with Crippen LogP contribution in [0.5, 0.6) is 0 Å². The molecule has 0 fully saturated rings. The molecule has 0 radical (unpaired) electrons. The molecule has 0 aliphatic carbocycles. The summed E-state index contributed by atoms with van der Waals surface area (Å²) in [5.74, 6) is 2.67. The molecule has 0 aliphatic heterocycles. The Morgan fingerprint density at radius 3 is 2.19 bits per heavy atom. The van der Waals surface area contributed by atoms with Crippen LogP contribution in [-0.4, -0.2) is 31.1 Å². The Balaban J connectivity index is 3.47. The summed E-state index contributed by atoms with van der Waals surface area (Å²) < 4.78 is 9.18. The molecule has 0 saturated carbocycles. The number of hydrogen-bond acceptors (Lipinski definition) is 7. The lowest BCUT2D eigenvalue weighted by Crippen LogP contribution is -2.15. The standard InChI is InChI=1S/C9H13NO6/c1-2-7(11)14-5-6-15-8(12)3-4-9(13)16-10/h2H,1,3-6,10H2. The van der Waals surface area contributed by atoms with Crippen molar-refractivity contribution in [2.45, 2.75) is 12.8 Å². The average Bonchev–Trinajstić information content (AvgIpc) is 2.31. The minimum Gasteiger partial charge on any atom is -0.462 e. The van der Waals surface area contributed by atoms with E-state index in [1.54, 1.807) is 0 Å². The van der Waals surface area contributed by atoms with Crippen molar-refractivity contribution in [2.24, 2.45) is 5.90 Å². The number of carbonyl (C=O) groups excluding carboxylic acids is 3. The van der Waals surface area contributed by atoms with Crippen LogP contribution < -0.4 is 5.90 Å². The molecule has 0 saturated heterocycles. The third kappa shape index (κ3) is 7.51. The van der Waals surface area contributed by atoms with Crippen LogP contribution in [-0.2, 0) is 28.7 Å². The zero-order valence-corrected chi connectivity index (χ0v) is 8.64. The fourth-order valence-electron chi connectivity index (χ4n) is 0.692. The Labute approximate surface area is 92.1 Å². The second-order valence-electron chi connectivity index (χ2n) is 2.58. The van der Waals surface area contributed by atoms with E-state index in [4.69, 9.17) is 0 Å². The van der Waals surface area contributed by atoms with E-state index in [-0.39, 0.29) is 26.1 Å². The molecule has 7 heteroatoms. The largest absolute Gasteiger partial charge is 0.462 e. The first-order valence-corrected chi connectivity index (χ1v) is 4.44. The highest BCUT2D eigenvalue weighted by Gasteiger charge is 2.08. The first kappa shape index (κ1) is 14.1. The van der Waals surface area contributed by atoms with E-state index in [1.165, 1.54) is 0 Å². The van der Waals surface area contributed by atoms with Crippen molar-refractivity contribution in [2.75, 3.05) is 13.2 Å². The van der Waals surface area contributed by atoms with Crippen LogP contribution >= 0.6 is 0 Å². The molecule has 0 aromatic rings. The van der Waals surface area contributed by atoms with Gasteiger partial charge in [0.1, 0.15) is 13.2 Å².